The van der Waals surface area contributed by atoms with E-state index in [4.69, 9.17) is 5.11 Å². The lowest BCUT2D eigenvalue weighted by atomic mass is 10.1. The normalized spacial score (nSPS) is 16.4. The Morgan fingerprint density at radius 2 is 1.75 bits per heavy atom. The molecule has 2 rings (SSSR count). The number of piperazine rings is 1. The molecule has 0 unspecified atom stereocenters. The standard InChI is InChI=1S/C14H18F2N2O2/c15-12-2-1-3-13(16)11(12)10-14(20)18-6-4-17(5-7-18)8-9-19/h1-3,19H,4-10H2. The molecule has 0 aromatic heterocycles. The number of carbonyl (C=O) groups is 1. The SMILES string of the molecule is O=C(Cc1c(F)cccc1F)N1CCN(CCO)CC1. The molecule has 0 aliphatic carbocycles. The Labute approximate surface area is 116 Å². The lowest BCUT2D eigenvalue weighted by Gasteiger charge is -2.34. The van der Waals surface area contributed by atoms with E-state index < -0.39 is 11.6 Å². The molecule has 1 amide bonds. The molecule has 4 nitrogen and oxygen atoms in total. The first kappa shape index (κ1) is 14.9. The average molecular weight is 284 g/mol. The number of β-amino-alcohol motifs (C(OH)–C–C–N with tert-alkyl or cyclic N) is 1. The van der Waals surface area contributed by atoms with Gasteiger partial charge in [0.15, 0.2) is 0 Å². The van der Waals surface area contributed by atoms with Crippen LogP contribution in [0.2, 0.25) is 0 Å². The zero-order chi connectivity index (χ0) is 14.5. The van der Waals surface area contributed by atoms with E-state index in [1.165, 1.54) is 6.07 Å². The van der Waals surface area contributed by atoms with Crippen LogP contribution in [0.15, 0.2) is 18.2 Å². The quantitative estimate of drug-likeness (QED) is 0.882. The summed E-state index contributed by atoms with van der Waals surface area (Å²) in [5.41, 5.74) is -0.171. The van der Waals surface area contributed by atoms with Crippen LogP contribution in [-0.2, 0) is 11.2 Å². The molecule has 1 aromatic rings. The summed E-state index contributed by atoms with van der Waals surface area (Å²) in [6.45, 7) is 3.07. The topological polar surface area (TPSA) is 43.8 Å². The molecular weight excluding hydrogens is 266 g/mol. The van der Waals surface area contributed by atoms with Gasteiger partial charge < -0.3 is 10.0 Å². The van der Waals surface area contributed by atoms with E-state index in [0.717, 1.165) is 12.1 Å². The lowest BCUT2D eigenvalue weighted by molar-refractivity contribution is -0.132. The maximum absolute atomic E-state index is 13.5. The van der Waals surface area contributed by atoms with Crippen molar-refractivity contribution in [1.29, 1.82) is 0 Å². The van der Waals surface area contributed by atoms with Gasteiger partial charge in [-0.2, -0.15) is 0 Å². The van der Waals surface area contributed by atoms with Gasteiger partial charge in [0.05, 0.1) is 13.0 Å². The van der Waals surface area contributed by atoms with Crippen molar-refractivity contribution in [3.63, 3.8) is 0 Å². The van der Waals surface area contributed by atoms with Gasteiger partial charge in [0.1, 0.15) is 11.6 Å². The van der Waals surface area contributed by atoms with Gasteiger partial charge in [-0.3, -0.25) is 9.69 Å². The van der Waals surface area contributed by atoms with Crippen LogP contribution < -0.4 is 0 Å². The summed E-state index contributed by atoms with van der Waals surface area (Å²) in [7, 11) is 0. The molecule has 20 heavy (non-hydrogen) atoms. The number of hydrogen-bond acceptors (Lipinski definition) is 3. The maximum atomic E-state index is 13.5. The van der Waals surface area contributed by atoms with Crippen LogP contribution in [0.25, 0.3) is 0 Å². The van der Waals surface area contributed by atoms with Crippen molar-refractivity contribution in [3.8, 4) is 0 Å². The van der Waals surface area contributed by atoms with Gasteiger partial charge in [0, 0.05) is 38.3 Å². The van der Waals surface area contributed by atoms with Crippen LogP contribution in [0.1, 0.15) is 5.56 Å². The number of aliphatic hydroxyl groups is 1. The number of nitrogens with zero attached hydrogens (tertiary/aromatic N) is 2. The minimum Gasteiger partial charge on any atom is -0.395 e. The fourth-order valence-corrected chi connectivity index (χ4v) is 2.33. The summed E-state index contributed by atoms with van der Waals surface area (Å²) in [6.07, 6.45) is -0.251. The second kappa shape index (κ2) is 6.76. The van der Waals surface area contributed by atoms with Crippen molar-refractivity contribution in [1.82, 2.24) is 9.80 Å². The number of aliphatic hydroxyl groups excluding tert-OH is 1. The monoisotopic (exact) mass is 284 g/mol. The predicted molar refractivity (Wildman–Crippen MR) is 70.2 cm³/mol. The van der Waals surface area contributed by atoms with Crippen molar-refractivity contribution in [2.75, 3.05) is 39.3 Å². The van der Waals surface area contributed by atoms with Crippen molar-refractivity contribution < 1.29 is 18.7 Å². The van der Waals surface area contributed by atoms with Crippen molar-refractivity contribution in [2.45, 2.75) is 6.42 Å². The highest BCUT2D eigenvalue weighted by molar-refractivity contribution is 5.79. The van der Waals surface area contributed by atoms with Crippen molar-refractivity contribution >= 4 is 5.91 Å². The fourth-order valence-electron chi connectivity index (χ4n) is 2.33. The van der Waals surface area contributed by atoms with Gasteiger partial charge in [0.25, 0.3) is 0 Å². The zero-order valence-corrected chi connectivity index (χ0v) is 11.2. The summed E-state index contributed by atoms with van der Waals surface area (Å²) >= 11 is 0. The molecule has 1 saturated heterocycles. The Balaban J connectivity index is 1.93. The van der Waals surface area contributed by atoms with Crippen LogP contribution in [0.4, 0.5) is 8.78 Å². The maximum Gasteiger partial charge on any atom is 0.227 e. The third-order valence-electron chi connectivity index (χ3n) is 3.53. The molecule has 1 fully saturated rings. The van der Waals surface area contributed by atoms with E-state index in [0.29, 0.717) is 32.7 Å². The Bertz CT molecular complexity index is 454. The van der Waals surface area contributed by atoms with E-state index in [-0.39, 0.29) is 24.5 Å². The summed E-state index contributed by atoms with van der Waals surface area (Å²) in [4.78, 5) is 15.7. The number of amides is 1. The van der Waals surface area contributed by atoms with E-state index in [9.17, 15) is 13.6 Å². The molecular formula is C14H18F2N2O2. The molecule has 0 bridgehead atoms. The van der Waals surface area contributed by atoms with Gasteiger partial charge in [0.2, 0.25) is 5.91 Å². The first-order chi connectivity index (χ1) is 9.61. The largest absolute Gasteiger partial charge is 0.395 e. The fraction of sp³-hybridized carbons (Fsp3) is 0.500. The Morgan fingerprint density at radius 3 is 2.30 bits per heavy atom. The number of halogens is 2. The van der Waals surface area contributed by atoms with Crippen LogP contribution in [-0.4, -0.2) is 60.1 Å². The summed E-state index contributed by atoms with van der Waals surface area (Å²) in [6, 6.07) is 3.60. The number of hydrogen-bond donors (Lipinski definition) is 1. The molecule has 0 spiro atoms. The van der Waals surface area contributed by atoms with Crippen LogP contribution in [0.3, 0.4) is 0 Å². The highest BCUT2D eigenvalue weighted by atomic mass is 19.1. The third kappa shape index (κ3) is 3.52. The summed E-state index contributed by atoms with van der Waals surface area (Å²) in [5, 5.41) is 8.84. The molecule has 6 heteroatoms. The molecule has 0 radical (unpaired) electrons. The smallest absolute Gasteiger partial charge is 0.227 e. The van der Waals surface area contributed by atoms with Gasteiger partial charge in [-0.1, -0.05) is 6.07 Å². The minimum absolute atomic E-state index is 0.0917. The molecule has 1 N–H and O–H groups in total. The minimum atomic E-state index is -0.683. The van der Waals surface area contributed by atoms with Crippen molar-refractivity contribution in [2.24, 2.45) is 0 Å². The Hall–Kier alpha value is -1.53. The number of benzene rings is 1. The summed E-state index contributed by atoms with van der Waals surface area (Å²) in [5.74, 6) is -1.63. The molecule has 1 heterocycles. The van der Waals surface area contributed by atoms with E-state index in [2.05, 4.69) is 0 Å². The van der Waals surface area contributed by atoms with Gasteiger partial charge >= 0.3 is 0 Å². The summed E-state index contributed by atoms with van der Waals surface area (Å²) < 4.78 is 27.0. The number of rotatable bonds is 4. The molecule has 1 aromatic carbocycles. The molecule has 110 valence electrons. The molecule has 0 saturated carbocycles. The van der Waals surface area contributed by atoms with E-state index >= 15 is 0 Å². The molecule has 1 aliphatic rings. The average Bonchev–Trinajstić information content (AvgIpc) is 2.44. The first-order valence-corrected chi connectivity index (χ1v) is 6.65. The van der Waals surface area contributed by atoms with Crippen LogP contribution in [0.5, 0.6) is 0 Å². The first-order valence-electron chi connectivity index (χ1n) is 6.65. The highest BCUT2D eigenvalue weighted by Crippen LogP contribution is 2.14. The second-order valence-corrected chi connectivity index (χ2v) is 4.82. The van der Waals surface area contributed by atoms with E-state index in [1.807, 2.05) is 4.90 Å². The van der Waals surface area contributed by atoms with Gasteiger partial charge in [-0.05, 0) is 12.1 Å². The van der Waals surface area contributed by atoms with E-state index in [1.54, 1.807) is 4.90 Å². The van der Waals surface area contributed by atoms with Gasteiger partial charge in [-0.15, -0.1) is 0 Å². The number of carbonyl (C=O) groups excluding carboxylic acids is 1. The van der Waals surface area contributed by atoms with Crippen LogP contribution in [0, 0.1) is 11.6 Å². The molecule has 0 atom stereocenters. The Morgan fingerprint density at radius 1 is 1.15 bits per heavy atom. The third-order valence-corrected chi connectivity index (χ3v) is 3.53. The van der Waals surface area contributed by atoms with Crippen LogP contribution >= 0.6 is 0 Å². The molecule has 1 aliphatic heterocycles. The zero-order valence-electron chi connectivity index (χ0n) is 11.2. The lowest BCUT2D eigenvalue weighted by Crippen LogP contribution is -2.49. The highest BCUT2D eigenvalue weighted by Gasteiger charge is 2.22. The Kier molecular flexibility index (Phi) is 5.03. The second-order valence-electron chi connectivity index (χ2n) is 4.82. The van der Waals surface area contributed by atoms with Gasteiger partial charge in [-0.25, -0.2) is 8.78 Å². The van der Waals surface area contributed by atoms with Crippen molar-refractivity contribution in [3.05, 3.63) is 35.4 Å². The predicted octanol–water partition coefficient (Wildman–Crippen LogP) is 0.644.